The summed E-state index contributed by atoms with van der Waals surface area (Å²) >= 11 is 0. The predicted molar refractivity (Wildman–Crippen MR) is 156 cm³/mol. The minimum absolute atomic E-state index is 0.00142. The van der Waals surface area contributed by atoms with Crippen molar-refractivity contribution in [2.24, 2.45) is 10.4 Å². The van der Waals surface area contributed by atoms with Crippen LogP contribution in [0.3, 0.4) is 0 Å². The number of nitrogens with zero attached hydrogens (tertiary/aromatic N) is 6. The Balaban J connectivity index is 0.956. The van der Waals surface area contributed by atoms with Gasteiger partial charge < -0.3 is 19.7 Å². The summed E-state index contributed by atoms with van der Waals surface area (Å²) in [5.41, 5.74) is 1.46. The van der Waals surface area contributed by atoms with Gasteiger partial charge in [-0.15, -0.1) is 0 Å². The van der Waals surface area contributed by atoms with Gasteiger partial charge in [-0.1, -0.05) is 25.3 Å². The number of likely N-dealkylation sites (tertiary alicyclic amines) is 3. The first kappa shape index (κ1) is 27.6. The third-order valence-electron chi connectivity index (χ3n) is 10.4. The van der Waals surface area contributed by atoms with Gasteiger partial charge in [-0.2, -0.15) is 0 Å². The summed E-state index contributed by atoms with van der Waals surface area (Å²) in [6.07, 6.45) is 20.8. The Morgan fingerprint density at radius 1 is 0.925 bits per heavy atom. The fourth-order valence-corrected chi connectivity index (χ4v) is 7.83. The number of piperidine rings is 2. The Morgan fingerprint density at radius 2 is 1.68 bits per heavy atom. The van der Waals surface area contributed by atoms with Gasteiger partial charge >= 0.3 is 0 Å². The van der Waals surface area contributed by atoms with E-state index in [-0.39, 0.29) is 23.7 Å². The molecule has 0 radical (unpaired) electrons. The van der Waals surface area contributed by atoms with Crippen molar-refractivity contribution in [1.29, 1.82) is 0 Å². The van der Waals surface area contributed by atoms with Gasteiger partial charge in [0, 0.05) is 75.5 Å². The summed E-state index contributed by atoms with van der Waals surface area (Å²) in [5.74, 6) is 0.988. The number of carbonyl (C=O) groups is 2. The van der Waals surface area contributed by atoms with Crippen molar-refractivity contribution in [2.75, 3.05) is 45.8 Å². The summed E-state index contributed by atoms with van der Waals surface area (Å²) in [7, 11) is 0. The van der Waals surface area contributed by atoms with Gasteiger partial charge in [0.2, 0.25) is 11.8 Å². The molecule has 0 aromatic carbocycles. The first-order chi connectivity index (χ1) is 19.6. The van der Waals surface area contributed by atoms with Gasteiger partial charge in [-0.3, -0.25) is 19.5 Å². The van der Waals surface area contributed by atoms with Gasteiger partial charge in [0.05, 0.1) is 6.54 Å². The smallest absolute Gasteiger partial charge is 0.232 e. The van der Waals surface area contributed by atoms with Crippen molar-refractivity contribution in [3.63, 3.8) is 0 Å². The second-order valence-corrected chi connectivity index (χ2v) is 12.9. The van der Waals surface area contributed by atoms with Gasteiger partial charge in [-0.25, -0.2) is 4.98 Å². The number of imidazole rings is 1. The number of amides is 2. The lowest BCUT2D eigenvalue weighted by Crippen LogP contribution is -2.49. The van der Waals surface area contributed by atoms with Crippen LogP contribution in [-0.4, -0.2) is 105 Å². The largest absolute Gasteiger partial charge is 0.348 e. The van der Waals surface area contributed by atoms with Crippen molar-refractivity contribution in [3.05, 3.63) is 30.5 Å². The highest BCUT2D eigenvalue weighted by Gasteiger charge is 2.43. The summed E-state index contributed by atoms with van der Waals surface area (Å²) in [5, 5.41) is 0. The molecule has 1 spiro atoms. The molecule has 0 atom stereocenters. The van der Waals surface area contributed by atoms with Crippen molar-refractivity contribution >= 4 is 17.5 Å². The molecule has 40 heavy (non-hydrogen) atoms. The molecule has 4 fully saturated rings. The van der Waals surface area contributed by atoms with Gasteiger partial charge in [0.1, 0.15) is 12.2 Å². The summed E-state index contributed by atoms with van der Waals surface area (Å²) < 4.78 is 0. The number of aliphatic imine (C=N–C) groups is 1. The van der Waals surface area contributed by atoms with Crippen LogP contribution >= 0.6 is 0 Å². The Kier molecular flexibility index (Phi) is 8.68. The molecule has 6 rings (SSSR count). The van der Waals surface area contributed by atoms with E-state index >= 15 is 0 Å². The van der Waals surface area contributed by atoms with E-state index in [4.69, 9.17) is 0 Å². The molecule has 1 saturated carbocycles. The predicted octanol–water partition coefficient (Wildman–Crippen LogP) is 3.60. The molecule has 2 amide bonds. The van der Waals surface area contributed by atoms with E-state index in [0.717, 1.165) is 63.7 Å². The Hall–Kier alpha value is -2.52. The van der Waals surface area contributed by atoms with E-state index in [1.54, 1.807) is 6.20 Å². The second kappa shape index (κ2) is 12.6. The maximum atomic E-state index is 13.2. The zero-order valence-electron chi connectivity index (χ0n) is 24.1. The number of rotatable bonds is 8. The lowest BCUT2D eigenvalue weighted by Gasteiger charge is -2.43. The molecule has 9 heteroatoms. The van der Waals surface area contributed by atoms with E-state index in [1.807, 2.05) is 22.2 Å². The first-order valence-corrected chi connectivity index (χ1v) is 15.8. The number of H-pyrrole nitrogens is 1. The van der Waals surface area contributed by atoms with E-state index in [1.165, 1.54) is 63.7 Å². The van der Waals surface area contributed by atoms with Crippen LogP contribution in [0.25, 0.3) is 0 Å². The molecular formula is C31H47N7O2. The lowest BCUT2D eigenvalue weighted by molar-refractivity contribution is -0.141. The van der Waals surface area contributed by atoms with Crippen LogP contribution in [0.5, 0.6) is 0 Å². The maximum absolute atomic E-state index is 13.2. The molecule has 3 saturated heterocycles. The zero-order chi connectivity index (χ0) is 27.4. The van der Waals surface area contributed by atoms with Crippen LogP contribution in [0.2, 0.25) is 0 Å². The van der Waals surface area contributed by atoms with Crippen molar-refractivity contribution in [2.45, 2.75) is 95.7 Å². The molecule has 218 valence electrons. The molecule has 9 nitrogen and oxygen atoms in total. The molecule has 1 aromatic heterocycles. The fourth-order valence-electron chi connectivity index (χ4n) is 7.83. The highest BCUT2D eigenvalue weighted by molar-refractivity contribution is 5.97. The third kappa shape index (κ3) is 6.51. The molecule has 0 unspecified atom stereocenters. The average Bonchev–Trinajstić information content (AvgIpc) is 3.78. The summed E-state index contributed by atoms with van der Waals surface area (Å²) in [6.45, 7) is 7.01. The molecule has 4 aliphatic heterocycles. The lowest BCUT2D eigenvalue weighted by atomic mass is 9.77. The minimum Gasteiger partial charge on any atom is -0.348 e. The quantitative estimate of drug-likeness (QED) is 0.501. The molecule has 5 heterocycles. The summed E-state index contributed by atoms with van der Waals surface area (Å²) in [6, 6.07) is 1.16. The second-order valence-electron chi connectivity index (χ2n) is 12.9. The average molecular weight is 550 g/mol. The molecule has 1 aromatic rings. The minimum atomic E-state index is -0.00142. The molecule has 5 aliphatic rings. The van der Waals surface area contributed by atoms with Gasteiger partial charge in [-0.05, 0) is 63.5 Å². The van der Waals surface area contributed by atoms with Crippen LogP contribution < -0.4 is 0 Å². The first-order valence-electron chi connectivity index (χ1n) is 15.8. The van der Waals surface area contributed by atoms with Gasteiger partial charge in [0.25, 0.3) is 0 Å². The van der Waals surface area contributed by atoms with Crippen LogP contribution in [0.1, 0.15) is 82.9 Å². The number of hydrogen-bond acceptors (Lipinski definition) is 6. The van der Waals surface area contributed by atoms with Crippen molar-refractivity contribution in [3.8, 4) is 0 Å². The number of aromatic amines is 1. The Bertz CT molecular complexity index is 1060. The van der Waals surface area contributed by atoms with Crippen LogP contribution in [0.15, 0.2) is 29.7 Å². The number of carbonyl (C=O) groups excluding carboxylic acids is 2. The SMILES string of the molecule is O=C(CC(=O)N1CCC2(CCN(C3CCCCC3)CC2)C1)N1CCC(N(CC2=NC=CC2)Cc2ncc[nH]2)CC1. The van der Waals surface area contributed by atoms with Crippen LogP contribution in [0.4, 0.5) is 0 Å². The standard InChI is InChI=1S/C31H47N7O2/c39-29(21-30(40)37-20-12-31(24-37)10-18-35(19-11-31)26-6-2-1-3-7-26)36-16-8-27(9-17-36)38(22-25-5-4-13-32-25)23-28-33-14-15-34-28/h4,13-15,26-27H,1-3,5-12,16-24H2,(H,33,34). The number of hydrogen-bond donors (Lipinski definition) is 1. The van der Waals surface area contributed by atoms with Gasteiger partial charge in [0.15, 0.2) is 0 Å². The summed E-state index contributed by atoms with van der Waals surface area (Å²) in [4.78, 5) is 47.7. The number of allylic oxidation sites excluding steroid dienone is 1. The molecule has 1 aliphatic carbocycles. The normalized spacial score (nSPS) is 24.4. The fraction of sp³-hybridized carbons (Fsp3) is 0.742. The van der Waals surface area contributed by atoms with E-state index in [9.17, 15) is 9.59 Å². The third-order valence-corrected chi connectivity index (χ3v) is 10.4. The molecule has 1 N–H and O–H groups in total. The Morgan fingerprint density at radius 3 is 2.38 bits per heavy atom. The molecular weight excluding hydrogens is 502 g/mol. The van der Waals surface area contributed by atoms with E-state index < -0.39 is 0 Å². The Labute approximate surface area is 239 Å². The number of aromatic nitrogens is 2. The zero-order valence-corrected chi connectivity index (χ0v) is 24.1. The van der Waals surface area contributed by atoms with E-state index in [0.29, 0.717) is 19.1 Å². The monoisotopic (exact) mass is 549 g/mol. The van der Waals surface area contributed by atoms with E-state index in [2.05, 4.69) is 30.8 Å². The maximum Gasteiger partial charge on any atom is 0.232 e. The van der Waals surface area contributed by atoms with Crippen molar-refractivity contribution < 1.29 is 9.59 Å². The van der Waals surface area contributed by atoms with Crippen LogP contribution in [-0.2, 0) is 16.1 Å². The topological polar surface area (TPSA) is 88.1 Å². The molecule has 0 bridgehead atoms. The van der Waals surface area contributed by atoms with Crippen LogP contribution in [0, 0.1) is 5.41 Å². The highest BCUT2D eigenvalue weighted by Crippen LogP contribution is 2.42. The highest BCUT2D eigenvalue weighted by atomic mass is 16.2. The van der Waals surface area contributed by atoms with Crippen molar-refractivity contribution in [1.82, 2.24) is 29.6 Å². The number of nitrogens with one attached hydrogen (secondary N) is 1.